The van der Waals surface area contributed by atoms with Crippen LogP contribution >= 0.6 is 0 Å². The molecule has 2 amide bonds. The minimum Gasteiger partial charge on any atom is -0.497 e. The maximum atomic E-state index is 12.2. The number of hydrogen-bond acceptors (Lipinski definition) is 3. The van der Waals surface area contributed by atoms with E-state index in [4.69, 9.17) is 4.74 Å². The first-order chi connectivity index (χ1) is 13.2. The van der Waals surface area contributed by atoms with Gasteiger partial charge in [0, 0.05) is 12.2 Å². The molecule has 0 unspecified atom stereocenters. The number of rotatable bonds is 5. The molecule has 0 heterocycles. The number of anilines is 1. The highest BCUT2D eigenvalue weighted by Gasteiger charge is 2.07. The molecule has 0 fully saturated rings. The van der Waals surface area contributed by atoms with E-state index in [-0.39, 0.29) is 6.03 Å². The highest BCUT2D eigenvalue weighted by atomic mass is 16.5. The summed E-state index contributed by atoms with van der Waals surface area (Å²) in [5.74, 6) is 0.749. The first kappa shape index (κ1) is 18.0. The molecule has 0 aliphatic rings. The standard InChI is InChI=1S/C22H19N3O2/c1-27-20-10-4-6-16(12-20)15-24-22(26)25-19-9-5-8-17(13-19)21-11-3-2-7-18(21)14-23/h2-13H,15H2,1H3,(H2,24,25,26). The van der Waals surface area contributed by atoms with E-state index in [9.17, 15) is 10.1 Å². The molecule has 3 rings (SSSR count). The van der Waals surface area contributed by atoms with Gasteiger partial charge in [-0.2, -0.15) is 5.26 Å². The van der Waals surface area contributed by atoms with Crippen LogP contribution in [0.4, 0.5) is 10.5 Å². The summed E-state index contributed by atoms with van der Waals surface area (Å²) in [5.41, 5.74) is 3.90. The number of amides is 2. The molecular weight excluding hydrogens is 338 g/mol. The Kier molecular flexibility index (Phi) is 5.70. The molecule has 5 nitrogen and oxygen atoms in total. The zero-order valence-electron chi connectivity index (χ0n) is 14.9. The van der Waals surface area contributed by atoms with Crippen LogP contribution in [0.1, 0.15) is 11.1 Å². The van der Waals surface area contributed by atoms with Gasteiger partial charge >= 0.3 is 6.03 Å². The van der Waals surface area contributed by atoms with Gasteiger partial charge in [0.05, 0.1) is 18.7 Å². The van der Waals surface area contributed by atoms with Crippen LogP contribution in [0.25, 0.3) is 11.1 Å². The van der Waals surface area contributed by atoms with Crippen molar-refractivity contribution in [2.75, 3.05) is 12.4 Å². The van der Waals surface area contributed by atoms with Gasteiger partial charge in [-0.1, -0.05) is 42.5 Å². The molecule has 0 aliphatic carbocycles. The lowest BCUT2D eigenvalue weighted by Gasteiger charge is -2.10. The van der Waals surface area contributed by atoms with Crippen LogP contribution in [-0.2, 0) is 6.54 Å². The van der Waals surface area contributed by atoms with E-state index in [2.05, 4.69) is 16.7 Å². The van der Waals surface area contributed by atoms with Crippen molar-refractivity contribution in [1.29, 1.82) is 5.26 Å². The molecular formula is C22H19N3O2. The third-order valence-corrected chi connectivity index (χ3v) is 4.07. The lowest BCUT2D eigenvalue weighted by atomic mass is 10.00. The van der Waals surface area contributed by atoms with E-state index in [1.165, 1.54) is 0 Å². The Hall–Kier alpha value is -3.78. The molecule has 3 aromatic carbocycles. The van der Waals surface area contributed by atoms with Gasteiger partial charge in [-0.25, -0.2) is 4.79 Å². The molecule has 0 aromatic heterocycles. The van der Waals surface area contributed by atoms with Gasteiger partial charge in [0.2, 0.25) is 0 Å². The monoisotopic (exact) mass is 357 g/mol. The van der Waals surface area contributed by atoms with E-state index < -0.39 is 0 Å². The summed E-state index contributed by atoms with van der Waals surface area (Å²) in [7, 11) is 1.61. The second kappa shape index (κ2) is 8.54. The number of urea groups is 1. The number of carbonyl (C=O) groups is 1. The van der Waals surface area contributed by atoms with Crippen molar-refractivity contribution in [1.82, 2.24) is 5.32 Å². The van der Waals surface area contributed by atoms with Gasteiger partial charge in [0.25, 0.3) is 0 Å². The number of nitriles is 1. The Morgan fingerprint density at radius 1 is 1.04 bits per heavy atom. The van der Waals surface area contributed by atoms with Gasteiger partial charge in [0.15, 0.2) is 0 Å². The molecule has 0 radical (unpaired) electrons. The summed E-state index contributed by atoms with van der Waals surface area (Å²) in [4.78, 5) is 12.2. The number of hydrogen-bond donors (Lipinski definition) is 2. The molecule has 2 N–H and O–H groups in total. The average molecular weight is 357 g/mol. The minimum atomic E-state index is -0.302. The van der Waals surface area contributed by atoms with Crippen LogP contribution in [0, 0.1) is 11.3 Å². The number of ether oxygens (including phenoxy) is 1. The maximum absolute atomic E-state index is 12.2. The molecule has 134 valence electrons. The molecule has 0 atom stereocenters. The van der Waals surface area contributed by atoms with E-state index in [0.717, 1.165) is 22.4 Å². The maximum Gasteiger partial charge on any atom is 0.319 e. The fourth-order valence-electron chi connectivity index (χ4n) is 2.74. The van der Waals surface area contributed by atoms with Crippen molar-refractivity contribution >= 4 is 11.7 Å². The molecule has 0 aliphatic heterocycles. The van der Waals surface area contributed by atoms with Gasteiger partial charge < -0.3 is 15.4 Å². The highest BCUT2D eigenvalue weighted by Crippen LogP contribution is 2.25. The van der Waals surface area contributed by atoms with Crippen LogP contribution in [0.5, 0.6) is 5.75 Å². The topological polar surface area (TPSA) is 74.2 Å². The molecule has 0 spiro atoms. The average Bonchev–Trinajstić information content (AvgIpc) is 2.72. The lowest BCUT2D eigenvalue weighted by molar-refractivity contribution is 0.251. The summed E-state index contributed by atoms with van der Waals surface area (Å²) in [6.45, 7) is 0.389. The Morgan fingerprint density at radius 2 is 1.85 bits per heavy atom. The van der Waals surface area contributed by atoms with Crippen LogP contribution in [0.3, 0.4) is 0 Å². The number of nitrogens with one attached hydrogen (secondary N) is 2. The van der Waals surface area contributed by atoms with Gasteiger partial charge in [-0.15, -0.1) is 0 Å². The van der Waals surface area contributed by atoms with Crippen LogP contribution in [-0.4, -0.2) is 13.1 Å². The van der Waals surface area contributed by atoms with Gasteiger partial charge in [0.1, 0.15) is 5.75 Å². The summed E-state index contributed by atoms with van der Waals surface area (Å²) >= 11 is 0. The lowest BCUT2D eigenvalue weighted by Crippen LogP contribution is -2.28. The highest BCUT2D eigenvalue weighted by molar-refractivity contribution is 5.90. The molecule has 0 bridgehead atoms. The smallest absolute Gasteiger partial charge is 0.319 e. The van der Waals surface area contributed by atoms with Crippen molar-refractivity contribution in [3.05, 3.63) is 83.9 Å². The zero-order valence-corrected chi connectivity index (χ0v) is 14.9. The molecule has 0 saturated carbocycles. The third kappa shape index (κ3) is 4.65. The van der Waals surface area contributed by atoms with Gasteiger partial charge in [-0.05, 0) is 47.0 Å². The van der Waals surface area contributed by atoms with Crippen LogP contribution < -0.4 is 15.4 Å². The zero-order chi connectivity index (χ0) is 19.1. The third-order valence-electron chi connectivity index (χ3n) is 4.07. The first-order valence-electron chi connectivity index (χ1n) is 8.47. The molecule has 3 aromatic rings. The fraction of sp³-hybridized carbons (Fsp3) is 0.0909. The normalized spacial score (nSPS) is 9.93. The van der Waals surface area contributed by atoms with Crippen molar-refractivity contribution in [2.24, 2.45) is 0 Å². The van der Waals surface area contributed by atoms with Crippen molar-refractivity contribution in [2.45, 2.75) is 6.54 Å². The first-order valence-corrected chi connectivity index (χ1v) is 8.47. The minimum absolute atomic E-state index is 0.302. The second-order valence-electron chi connectivity index (χ2n) is 5.90. The van der Waals surface area contributed by atoms with Crippen molar-refractivity contribution in [3.63, 3.8) is 0 Å². The SMILES string of the molecule is COc1cccc(CNC(=O)Nc2cccc(-c3ccccc3C#N)c2)c1. The molecule has 27 heavy (non-hydrogen) atoms. The predicted octanol–water partition coefficient (Wildman–Crippen LogP) is 4.56. The van der Waals surface area contributed by atoms with E-state index >= 15 is 0 Å². The number of nitrogens with zero attached hydrogens (tertiary/aromatic N) is 1. The van der Waals surface area contributed by atoms with Crippen LogP contribution in [0.15, 0.2) is 72.8 Å². The quantitative estimate of drug-likeness (QED) is 0.703. The Balaban J connectivity index is 1.67. The Bertz CT molecular complexity index is 993. The summed E-state index contributed by atoms with van der Waals surface area (Å²) < 4.78 is 5.18. The van der Waals surface area contributed by atoms with Crippen LogP contribution in [0.2, 0.25) is 0 Å². The molecule has 0 saturated heterocycles. The number of methoxy groups -OCH3 is 1. The number of carbonyl (C=O) groups excluding carboxylic acids is 1. The largest absolute Gasteiger partial charge is 0.497 e. The summed E-state index contributed by atoms with van der Waals surface area (Å²) in [6.07, 6.45) is 0. The summed E-state index contributed by atoms with van der Waals surface area (Å²) in [6, 6.07) is 24.2. The van der Waals surface area contributed by atoms with E-state index in [0.29, 0.717) is 17.8 Å². The van der Waals surface area contributed by atoms with Crippen molar-refractivity contribution < 1.29 is 9.53 Å². The van der Waals surface area contributed by atoms with Crippen molar-refractivity contribution in [3.8, 4) is 22.9 Å². The Morgan fingerprint density at radius 3 is 2.67 bits per heavy atom. The molecule has 5 heteroatoms. The summed E-state index contributed by atoms with van der Waals surface area (Å²) in [5, 5.41) is 14.9. The second-order valence-corrected chi connectivity index (χ2v) is 5.90. The Labute approximate surface area is 158 Å². The predicted molar refractivity (Wildman–Crippen MR) is 105 cm³/mol. The van der Waals surface area contributed by atoms with E-state index in [1.807, 2.05) is 66.7 Å². The number of benzene rings is 3. The van der Waals surface area contributed by atoms with E-state index in [1.54, 1.807) is 13.2 Å². The van der Waals surface area contributed by atoms with Gasteiger partial charge in [-0.3, -0.25) is 0 Å². The fourth-order valence-corrected chi connectivity index (χ4v) is 2.74.